The first-order valence-corrected chi connectivity index (χ1v) is 9.83. The van der Waals surface area contributed by atoms with Crippen molar-refractivity contribution in [1.82, 2.24) is 19.9 Å². The third kappa shape index (κ3) is 2.70. The van der Waals surface area contributed by atoms with Gasteiger partial charge < -0.3 is 0 Å². The maximum Gasteiger partial charge on any atom is 0.0894 e. The van der Waals surface area contributed by atoms with Gasteiger partial charge in [-0.05, 0) is 41.8 Å². The van der Waals surface area contributed by atoms with Crippen LogP contribution in [0.2, 0.25) is 0 Å². The van der Waals surface area contributed by atoms with Crippen LogP contribution in [0.25, 0.3) is 55.4 Å². The summed E-state index contributed by atoms with van der Waals surface area (Å²) in [5, 5.41) is 4.41. The topological polar surface area (TPSA) is 51.6 Å². The molecule has 30 heavy (non-hydrogen) atoms. The standard InChI is InChI=1S/C26H16N4/c1-2-15-27-20(6-1)21-7-3-8-22(29-21)23-14-13-19-12-10-17-9-11-18-5-4-16-28-25(18)24(17)26(19)30-23/h1-16H. The lowest BCUT2D eigenvalue weighted by Crippen LogP contribution is -1.93. The van der Waals surface area contributed by atoms with E-state index in [1.807, 2.05) is 54.7 Å². The van der Waals surface area contributed by atoms with Crippen LogP contribution in [0.15, 0.2) is 97.3 Å². The minimum absolute atomic E-state index is 0.824. The fourth-order valence-corrected chi connectivity index (χ4v) is 3.91. The minimum Gasteiger partial charge on any atom is -0.256 e. The van der Waals surface area contributed by atoms with Crippen molar-refractivity contribution in [3.8, 4) is 22.8 Å². The quantitative estimate of drug-likeness (QED) is 0.341. The highest BCUT2D eigenvalue weighted by Gasteiger charge is 2.11. The van der Waals surface area contributed by atoms with Crippen LogP contribution < -0.4 is 0 Å². The highest BCUT2D eigenvalue weighted by molar-refractivity contribution is 6.17. The van der Waals surface area contributed by atoms with E-state index in [1.54, 1.807) is 6.20 Å². The van der Waals surface area contributed by atoms with Crippen molar-refractivity contribution >= 4 is 32.6 Å². The molecule has 0 saturated heterocycles. The Morgan fingerprint density at radius 1 is 0.400 bits per heavy atom. The van der Waals surface area contributed by atoms with Gasteiger partial charge in [-0.1, -0.05) is 48.5 Å². The Morgan fingerprint density at radius 3 is 1.90 bits per heavy atom. The first kappa shape index (κ1) is 16.7. The molecule has 0 aliphatic rings. The summed E-state index contributed by atoms with van der Waals surface area (Å²) in [6.45, 7) is 0. The van der Waals surface area contributed by atoms with E-state index in [-0.39, 0.29) is 0 Å². The second kappa shape index (κ2) is 6.71. The number of nitrogens with zero attached hydrogens (tertiary/aromatic N) is 4. The molecule has 4 heteroatoms. The van der Waals surface area contributed by atoms with Gasteiger partial charge in [0.2, 0.25) is 0 Å². The zero-order valence-electron chi connectivity index (χ0n) is 16.0. The predicted molar refractivity (Wildman–Crippen MR) is 121 cm³/mol. The predicted octanol–water partition coefficient (Wildman–Crippen LogP) is 6.06. The third-order valence-corrected chi connectivity index (χ3v) is 5.35. The molecule has 0 bridgehead atoms. The minimum atomic E-state index is 0.824. The lowest BCUT2D eigenvalue weighted by atomic mass is 10.0. The molecule has 0 spiro atoms. The van der Waals surface area contributed by atoms with Gasteiger partial charge in [0.1, 0.15) is 0 Å². The lowest BCUT2D eigenvalue weighted by Gasteiger charge is -2.09. The van der Waals surface area contributed by atoms with Gasteiger partial charge in [0.15, 0.2) is 0 Å². The van der Waals surface area contributed by atoms with E-state index < -0.39 is 0 Å². The Hall–Kier alpha value is -4.18. The summed E-state index contributed by atoms with van der Waals surface area (Å²) in [7, 11) is 0. The fraction of sp³-hybridized carbons (Fsp3) is 0. The molecule has 4 heterocycles. The summed E-state index contributed by atoms with van der Waals surface area (Å²) < 4.78 is 0. The molecule has 0 atom stereocenters. The number of benzene rings is 2. The van der Waals surface area contributed by atoms with E-state index in [1.165, 1.54) is 0 Å². The van der Waals surface area contributed by atoms with Gasteiger partial charge in [0.05, 0.1) is 33.8 Å². The van der Waals surface area contributed by atoms with E-state index in [4.69, 9.17) is 9.97 Å². The summed E-state index contributed by atoms with van der Waals surface area (Å²) in [6.07, 6.45) is 3.62. The molecule has 4 aromatic heterocycles. The van der Waals surface area contributed by atoms with Gasteiger partial charge in [-0.3, -0.25) is 9.97 Å². The van der Waals surface area contributed by atoms with Gasteiger partial charge in [0.25, 0.3) is 0 Å². The zero-order valence-corrected chi connectivity index (χ0v) is 16.0. The Labute approximate surface area is 172 Å². The van der Waals surface area contributed by atoms with Gasteiger partial charge in [0, 0.05) is 28.6 Å². The van der Waals surface area contributed by atoms with Crippen LogP contribution in [0.5, 0.6) is 0 Å². The molecule has 4 nitrogen and oxygen atoms in total. The van der Waals surface area contributed by atoms with Crippen LogP contribution in [0, 0.1) is 0 Å². The zero-order chi connectivity index (χ0) is 19.9. The van der Waals surface area contributed by atoms with Crippen molar-refractivity contribution in [2.45, 2.75) is 0 Å². The molecule has 0 N–H and O–H groups in total. The van der Waals surface area contributed by atoms with E-state index in [0.29, 0.717) is 0 Å². The van der Waals surface area contributed by atoms with Crippen LogP contribution in [-0.4, -0.2) is 19.9 Å². The van der Waals surface area contributed by atoms with Crippen molar-refractivity contribution in [3.05, 3.63) is 97.3 Å². The normalized spacial score (nSPS) is 11.3. The third-order valence-electron chi connectivity index (χ3n) is 5.35. The average molecular weight is 384 g/mol. The Morgan fingerprint density at radius 2 is 1.07 bits per heavy atom. The van der Waals surface area contributed by atoms with Gasteiger partial charge in [-0.15, -0.1) is 0 Å². The van der Waals surface area contributed by atoms with Crippen LogP contribution in [-0.2, 0) is 0 Å². The van der Waals surface area contributed by atoms with Crippen molar-refractivity contribution < 1.29 is 0 Å². The maximum atomic E-state index is 5.04. The van der Waals surface area contributed by atoms with Gasteiger partial charge in [-0.25, -0.2) is 9.97 Å². The first-order valence-electron chi connectivity index (χ1n) is 9.83. The number of hydrogen-bond acceptors (Lipinski definition) is 4. The smallest absolute Gasteiger partial charge is 0.0894 e. The van der Waals surface area contributed by atoms with Crippen LogP contribution in [0.4, 0.5) is 0 Å². The molecule has 0 amide bonds. The van der Waals surface area contributed by atoms with Crippen LogP contribution in [0.1, 0.15) is 0 Å². The van der Waals surface area contributed by atoms with E-state index in [2.05, 4.69) is 46.4 Å². The molecule has 2 aromatic carbocycles. The first-order chi connectivity index (χ1) is 14.9. The summed E-state index contributed by atoms with van der Waals surface area (Å²) in [4.78, 5) is 18.9. The highest BCUT2D eigenvalue weighted by Crippen LogP contribution is 2.31. The molecule has 6 rings (SSSR count). The van der Waals surface area contributed by atoms with E-state index in [9.17, 15) is 0 Å². The number of pyridine rings is 4. The molecule has 6 aromatic rings. The number of fused-ring (bicyclic) bond motifs is 5. The van der Waals surface area contributed by atoms with Crippen molar-refractivity contribution in [3.63, 3.8) is 0 Å². The fourth-order valence-electron chi connectivity index (χ4n) is 3.91. The van der Waals surface area contributed by atoms with Gasteiger partial charge in [-0.2, -0.15) is 0 Å². The van der Waals surface area contributed by atoms with Gasteiger partial charge >= 0.3 is 0 Å². The largest absolute Gasteiger partial charge is 0.256 e. The SMILES string of the molecule is c1ccc(-c2cccc(-c3ccc4ccc5ccc6cccnc6c5c4n3)n2)nc1. The van der Waals surface area contributed by atoms with E-state index in [0.717, 1.165) is 55.4 Å². The Bertz CT molecular complexity index is 1540. The molecule has 0 aliphatic carbocycles. The summed E-state index contributed by atoms with van der Waals surface area (Å²) >= 11 is 0. The number of rotatable bonds is 2. The molecule has 0 fully saturated rings. The van der Waals surface area contributed by atoms with E-state index >= 15 is 0 Å². The number of hydrogen-bond donors (Lipinski definition) is 0. The monoisotopic (exact) mass is 384 g/mol. The maximum absolute atomic E-state index is 5.04. The summed E-state index contributed by atoms with van der Waals surface area (Å²) in [5.74, 6) is 0. The van der Waals surface area contributed by atoms with Crippen LogP contribution in [0.3, 0.4) is 0 Å². The molecular formula is C26H16N4. The highest BCUT2D eigenvalue weighted by atomic mass is 14.8. The lowest BCUT2D eigenvalue weighted by molar-refractivity contribution is 1.23. The molecular weight excluding hydrogens is 368 g/mol. The average Bonchev–Trinajstić information content (AvgIpc) is 2.84. The van der Waals surface area contributed by atoms with Crippen molar-refractivity contribution in [2.24, 2.45) is 0 Å². The molecule has 0 aliphatic heterocycles. The Kier molecular flexibility index (Phi) is 3.74. The Balaban J connectivity index is 1.60. The van der Waals surface area contributed by atoms with Crippen LogP contribution >= 0.6 is 0 Å². The second-order valence-corrected chi connectivity index (χ2v) is 7.20. The second-order valence-electron chi connectivity index (χ2n) is 7.20. The van der Waals surface area contributed by atoms with Crippen molar-refractivity contribution in [2.75, 3.05) is 0 Å². The summed E-state index contributed by atoms with van der Waals surface area (Å²) in [5.41, 5.74) is 5.26. The summed E-state index contributed by atoms with van der Waals surface area (Å²) in [6, 6.07) is 28.5. The number of aromatic nitrogens is 4. The molecule has 0 radical (unpaired) electrons. The molecule has 140 valence electrons. The molecule has 0 unspecified atom stereocenters. The van der Waals surface area contributed by atoms with Crippen molar-refractivity contribution in [1.29, 1.82) is 0 Å². The molecule has 0 saturated carbocycles.